The van der Waals surface area contributed by atoms with Crippen LogP contribution in [0, 0.1) is 0 Å². The van der Waals surface area contributed by atoms with E-state index in [0.717, 1.165) is 38.0 Å². The maximum Gasteiger partial charge on any atom is 0.0933 e. The van der Waals surface area contributed by atoms with Crippen molar-refractivity contribution in [2.75, 3.05) is 0 Å². The zero-order valence-corrected chi connectivity index (χ0v) is 19.2. The van der Waals surface area contributed by atoms with Crippen LogP contribution in [0.2, 0.25) is 0 Å². The molecule has 0 amide bonds. The van der Waals surface area contributed by atoms with Crippen LogP contribution in [-0.4, -0.2) is 8.78 Å². The number of thioether (sulfide) groups is 1. The van der Waals surface area contributed by atoms with E-state index in [0.29, 0.717) is 0 Å². The van der Waals surface area contributed by atoms with Crippen molar-refractivity contribution in [3.05, 3.63) is 126 Å². The number of aromatic nitrogens is 1. The van der Waals surface area contributed by atoms with Gasteiger partial charge in [0.2, 0.25) is 0 Å². The van der Waals surface area contributed by atoms with Gasteiger partial charge in [-0.05, 0) is 29.3 Å². The van der Waals surface area contributed by atoms with Crippen LogP contribution in [0.15, 0.2) is 130 Å². The van der Waals surface area contributed by atoms with Crippen molar-refractivity contribution in [1.82, 2.24) is 4.57 Å². The summed E-state index contributed by atoms with van der Waals surface area (Å²) in [4.78, 5) is 1.74. The van der Waals surface area contributed by atoms with E-state index in [1.54, 1.807) is 11.8 Å². The number of benzene rings is 4. The normalized spacial score (nSPS) is 12.1. The van der Waals surface area contributed by atoms with Gasteiger partial charge in [-0.3, -0.25) is 0 Å². The van der Waals surface area contributed by atoms with Gasteiger partial charge in [-0.25, -0.2) is 4.21 Å². The number of hydrogen-bond donors (Lipinski definition) is 0. The van der Waals surface area contributed by atoms with Crippen molar-refractivity contribution < 1.29 is 4.21 Å². The van der Waals surface area contributed by atoms with Gasteiger partial charge >= 0.3 is 0 Å². The van der Waals surface area contributed by atoms with E-state index in [9.17, 15) is 4.21 Å². The Kier molecular flexibility index (Phi) is 6.24. The van der Waals surface area contributed by atoms with Crippen molar-refractivity contribution in [2.24, 2.45) is 0 Å². The molecule has 1 heterocycles. The van der Waals surface area contributed by atoms with E-state index in [4.69, 9.17) is 0 Å². The second-order valence-corrected chi connectivity index (χ2v) is 9.96. The van der Waals surface area contributed by atoms with Crippen LogP contribution in [0.25, 0.3) is 10.9 Å². The van der Waals surface area contributed by atoms with Crippen LogP contribution >= 0.6 is 11.8 Å². The minimum atomic E-state index is -1.27. The zero-order valence-electron chi connectivity index (χ0n) is 17.6. The van der Waals surface area contributed by atoms with Crippen LogP contribution in [0.1, 0.15) is 11.1 Å². The Hall–Kier alpha value is -3.08. The molecule has 4 aromatic carbocycles. The Morgan fingerprint density at radius 1 is 0.656 bits per heavy atom. The molecule has 0 fully saturated rings. The summed E-state index contributed by atoms with van der Waals surface area (Å²) in [6.07, 6.45) is 0. The average molecular weight is 454 g/mol. The molecule has 0 spiro atoms. The summed E-state index contributed by atoms with van der Waals surface area (Å²) in [6.45, 7) is 0.741. The van der Waals surface area contributed by atoms with Gasteiger partial charge in [0, 0.05) is 22.6 Å². The quantitative estimate of drug-likeness (QED) is 0.244. The number of fused-ring (bicyclic) bond motifs is 1. The molecule has 5 aromatic rings. The average Bonchev–Trinajstić information content (AvgIpc) is 3.17. The monoisotopic (exact) mass is 453 g/mol. The summed E-state index contributed by atoms with van der Waals surface area (Å²) >= 11 is 1.76. The molecule has 158 valence electrons. The van der Waals surface area contributed by atoms with Crippen LogP contribution < -0.4 is 0 Å². The summed E-state index contributed by atoms with van der Waals surface area (Å²) in [5.74, 6) is 0.824. The van der Waals surface area contributed by atoms with Crippen LogP contribution in [0.4, 0.5) is 0 Å². The third-order valence-corrected chi connectivity index (χ3v) is 8.21. The first-order chi connectivity index (χ1) is 15.8. The molecule has 0 N–H and O–H groups in total. The van der Waals surface area contributed by atoms with Gasteiger partial charge in [0.25, 0.3) is 0 Å². The van der Waals surface area contributed by atoms with Crippen molar-refractivity contribution in [3.8, 4) is 0 Å². The topological polar surface area (TPSA) is 22.0 Å². The first kappa shape index (κ1) is 20.8. The molecule has 1 unspecified atom stereocenters. The molecule has 0 aliphatic heterocycles. The smallest absolute Gasteiger partial charge is 0.0933 e. The summed E-state index contributed by atoms with van der Waals surface area (Å²) < 4.78 is 16.2. The highest BCUT2D eigenvalue weighted by Crippen LogP contribution is 2.39. The van der Waals surface area contributed by atoms with Crippen LogP contribution in [-0.2, 0) is 23.1 Å². The minimum Gasteiger partial charge on any atom is -0.330 e. The fourth-order valence-corrected chi connectivity index (χ4v) is 6.62. The molecule has 0 bridgehead atoms. The Morgan fingerprint density at radius 2 is 1.22 bits per heavy atom. The molecule has 1 atom stereocenters. The number of rotatable bonds is 7. The Balaban J connectivity index is 1.67. The number of nitrogens with zero attached hydrogens (tertiary/aromatic N) is 1. The predicted molar refractivity (Wildman–Crippen MR) is 135 cm³/mol. The van der Waals surface area contributed by atoms with E-state index in [1.165, 1.54) is 11.1 Å². The maximum absolute atomic E-state index is 13.8. The number of para-hydroxylation sites is 1. The van der Waals surface area contributed by atoms with Crippen LogP contribution in [0.3, 0.4) is 0 Å². The lowest BCUT2D eigenvalue weighted by Gasteiger charge is -2.12. The molecule has 0 aliphatic rings. The standard InChI is InChI=1S/C28H23NOS2/c30-32(24-16-8-3-9-17-24)27-25-18-10-11-19-26(25)29(20-22-12-4-1-5-13-22)28(27)31-21-23-14-6-2-7-15-23/h1-19H,20-21H2. The lowest BCUT2D eigenvalue weighted by Crippen LogP contribution is -2.03. The van der Waals surface area contributed by atoms with Gasteiger partial charge in [-0.1, -0.05) is 97.1 Å². The molecule has 2 nitrogen and oxygen atoms in total. The first-order valence-corrected chi connectivity index (χ1v) is 12.7. The highest BCUT2D eigenvalue weighted by molar-refractivity contribution is 7.99. The predicted octanol–water partition coefficient (Wildman–Crippen LogP) is 7.15. The summed E-state index contributed by atoms with van der Waals surface area (Å²) in [5, 5.41) is 2.13. The molecule has 0 aliphatic carbocycles. The van der Waals surface area contributed by atoms with Gasteiger partial charge in [0.05, 0.1) is 26.2 Å². The first-order valence-electron chi connectivity index (χ1n) is 10.6. The van der Waals surface area contributed by atoms with Gasteiger partial charge in [-0.15, -0.1) is 11.8 Å². The second kappa shape index (κ2) is 9.60. The molecule has 0 saturated heterocycles. The third-order valence-electron chi connectivity index (χ3n) is 5.42. The van der Waals surface area contributed by atoms with E-state index >= 15 is 0 Å². The molecule has 0 saturated carbocycles. The largest absolute Gasteiger partial charge is 0.330 e. The molecule has 1 aromatic heterocycles. The minimum absolute atomic E-state index is 0.741. The molecular weight excluding hydrogens is 430 g/mol. The van der Waals surface area contributed by atoms with Gasteiger partial charge in [0.1, 0.15) is 0 Å². The van der Waals surface area contributed by atoms with Crippen molar-refractivity contribution in [1.29, 1.82) is 0 Å². The second-order valence-electron chi connectivity index (χ2n) is 7.58. The van der Waals surface area contributed by atoms with Gasteiger partial charge in [-0.2, -0.15) is 0 Å². The van der Waals surface area contributed by atoms with Crippen molar-refractivity contribution in [2.45, 2.75) is 27.1 Å². The fraction of sp³-hybridized carbons (Fsp3) is 0.0714. The summed E-state index contributed by atoms with van der Waals surface area (Å²) in [7, 11) is -1.27. The highest BCUT2D eigenvalue weighted by Gasteiger charge is 2.23. The van der Waals surface area contributed by atoms with Gasteiger partial charge < -0.3 is 4.57 Å². The van der Waals surface area contributed by atoms with Crippen LogP contribution in [0.5, 0.6) is 0 Å². The van der Waals surface area contributed by atoms with Gasteiger partial charge in [0.15, 0.2) is 0 Å². The Labute approximate surface area is 195 Å². The third kappa shape index (κ3) is 4.29. The zero-order chi connectivity index (χ0) is 21.8. The van der Waals surface area contributed by atoms with E-state index in [2.05, 4.69) is 71.3 Å². The van der Waals surface area contributed by atoms with E-state index in [-0.39, 0.29) is 0 Å². The summed E-state index contributed by atoms with van der Waals surface area (Å²) in [5.41, 5.74) is 3.60. The fourth-order valence-electron chi connectivity index (χ4n) is 3.88. The SMILES string of the molecule is O=S(c1ccccc1)c1c(SCc2ccccc2)n(Cc2ccccc2)c2ccccc12. The lowest BCUT2D eigenvalue weighted by molar-refractivity contribution is 0.677. The number of hydrogen-bond acceptors (Lipinski definition) is 2. The maximum atomic E-state index is 13.8. The molecule has 32 heavy (non-hydrogen) atoms. The Morgan fingerprint density at radius 3 is 1.91 bits per heavy atom. The molecule has 4 heteroatoms. The molecule has 5 rings (SSSR count). The Bertz CT molecular complexity index is 1350. The van der Waals surface area contributed by atoms with Crippen molar-refractivity contribution in [3.63, 3.8) is 0 Å². The lowest BCUT2D eigenvalue weighted by atomic mass is 10.2. The molecule has 0 radical (unpaired) electrons. The summed E-state index contributed by atoms with van der Waals surface area (Å²) in [6, 6.07) is 39.0. The van der Waals surface area contributed by atoms with Crippen molar-refractivity contribution >= 4 is 33.5 Å². The highest BCUT2D eigenvalue weighted by atomic mass is 32.2. The van der Waals surface area contributed by atoms with E-state index in [1.807, 2.05) is 48.5 Å². The van der Waals surface area contributed by atoms with E-state index < -0.39 is 10.8 Å². The molecular formula is C28H23NOS2.